The second kappa shape index (κ2) is 5.48. The molecule has 1 fully saturated rings. The van der Waals surface area contributed by atoms with Crippen LogP contribution in [0.4, 0.5) is 10.5 Å². The molecule has 0 spiro atoms. The van der Waals surface area contributed by atoms with Gasteiger partial charge in [0.05, 0.1) is 6.54 Å². The molecule has 1 unspecified atom stereocenters. The average Bonchev–Trinajstić information content (AvgIpc) is 2.72. The van der Waals surface area contributed by atoms with Gasteiger partial charge in [-0.05, 0) is 17.7 Å². The molecule has 1 amide bonds. The Morgan fingerprint density at radius 1 is 1.39 bits per heavy atom. The van der Waals surface area contributed by atoms with E-state index < -0.39 is 0 Å². The molecule has 0 radical (unpaired) electrons. The van der Waals surface area contributed by atoms with Crippen LogP contribution in [0, 0.1) is 0 Å². The summed E-state index contributed by atoms with van der Waals surface area (Å²) in [5, 5.41) is 0. The van der Waals surface area contributed by atoms with Crippen molar-refractivity contribution in [3.63, 3.8) is 0 Å². The minimum Gasteiger partial charge on any atom is -0.439 e. The van der Waals surface area contributed by atoms with Crippen LogP contribution in [0.15, 0.2) is 24.3 Å². The molecule has 1 aromatic rings. The van der Waals surface area contributed by atoms with Crippen LogP contribution in [0.1, 0.15) is 11.7 Å². The Labute approximate surface area is 112 Å². The molecule has 4 nitrogen and oxygen atoms in total. The third-order valence-corrected chi connectivity index (χ3v) is 3.19. The van der Waals surface area contributed by atoms with Gasteiger partial charge in [0.2, 0.25) is 0 Å². The van der Waals surface area contributed by atoms with Gasteiger partial charge < -0.3 is 14.5 Å². The van der Waals surface area contributed by atoms with E-state index in [-0.39, 0.29) is 12.2 Å². The maximum Gasteiger partial charge on any atom is 0.410 e. The SMILES string of the molecule is CN(C)c1ccc(C2CN(CCCl)C(=O)O2)cc1. The number of ether oxygens (including phenoxy) is 1. The highest BCUT2D eigenvalue weighted by Crippen LogP contribution is 2.27. The Morgan fingerprint density at radius 2 is 2.06 bits per heavy atom. The number of benzene rings is 1. The van der Waals surface area contributed by atoms with Crippen LogP contribution in [0.2, 0.25) is 0 Å². The number of hydrogen-bond acceptors (Lipinski definition) is 3. The molecule has 0 aliphatic carbocycles. The molecule has 98 valence electrons. The average molecular weight is 269 g/mol. The van der Waals surface area contributed by atoms with E-state index in [1.54, 1.807) is 4.90 Å². The minimum absolute atomic E-state index is 0.183. The number of carbonyl (C=O) groups excluding carboxylic acids is 1. The zero-order valence-corrected chi connectivity index (χ0v) is 11.4. The largest absolute Gasteiger partial charge is 0.439 e. The molecule has 5 heteroatoms. The standard InChI is InChI=1S/C13H17ClN2O2/c1-15(2)11-5-3-10(4-6-11)12-9-16(8-7-14)13(17)18-12/h3-6,12H,7-9H2,1-2H3. The second-order valence-corrected chi connectivity index (χ2v) is 4.87. The van der Waals surface area contributed by atoms with Crippen LogP contribution in [-0.2, 0) is 4.74 Å². The molecule has 18 heavy (non-hydrogen) atoms. The van der Waals surface area contributed by atoms with E-state index in [4.69, 9.17) is 16.3 Å². The fourth-order valence-electron chi connectivity index (χ4n) is 1.95. The highest BCUT2D eigenvalue weighted by molar-refractivity contribution is 6.18. The molecule has 0 N–H and O–H groups in total. The van der Waals surface area contributed by atoms with Crippen molar-refractivity contribution < 1.29 is 9.53 Å². The van der Waals surface area contributed by atoms with Crippen molar-refractivity contribution in [2.45, 2.75) is 6.10 Å². The quantitative estimate of drug-likeness (QED) is 0.787. The van der Waals surface area contributed by atoms with Crippen LogP contribution >= 0.6 is 11.6 Å². The normalized spacial score (nSPS) is 18.9. The van der Waals surface area contributed by atoms with Gasteiger partial charge in [-0.25, -0.2) is 4.79 Å². The molecule has 0 bridgehead atoms. The third kappa shape index (κ3) is 2.70. The van der Waals surface area contributed by atoms with E-state index in [0.717, 1.165) is 11.3 Å². The zero-order chi connectivity index (χ0) is 13.1. The summed E-state index contributed by atoms with van der Waals surface area (Å²) in [5.74, 6) is 0.432. The van der Waals surface area contributed by atoms with Gasteiger partial charge in [0.1, 0.15) is 6.10 Å². The number of amides is 1. The van der Waals surface area contributed by atoms with E-state index in [0.29, 0.717) is 19.0 Å². The lowest BCUT2D eigenvalue weighted by Gasteiger charge is -2.14. The van der Waals surface area contributed by atoms with Crippen LogP contribution in [-0.4, -0.2) is 44.1 Å². The summed E-state index contributed by atoms with van der Waals surface area (Å²) in [6, 6.07) is 8.04. The summed E-state index contributed by atoms with van der Waals surface area (Å²) >= 11 is 5.64. The molecule has 1 aliphatic rings. The Kier molecular flexibility index (Phi) is 3.97. The number of nitrogens with zero attached hydrogens (tertiary/aromatic N) is 2. The highest BCUT2D eigenvalue weighted by atomic mass is 35.5. The second-order valence-electron chi connectivity index (χ2n) is 4.49. The van der Waals surface area contributed by atoms with Crippen molar-refractivity contribution in [3.8, 4) is 0 Å². The van der Waals surface area contributed by atoms with E-state index in [2.05, 4.69) is 0 Å². The maximum absolute atomic E-state index is 11.6. The number of anilines is 1. The smallest absolute Gasteiger partial charge is 0.410 e. The topological polar surface area (TPSA) is 32.8 Å². The van der Waals surface area contributed by atoms with Crippen molar-refractivity contribution in [1.82, 2.24) is 4.90 Å². The van der Waals surface area contributed by atoms with Gasteiger partial charge in [-0.3, -0.25) is 0 Å². The summed E-state index contributed by atoms with van der Waals surface area (Å²) in [5.41, 5.74) is 2.15. The van der Waals surface area contributed by atoms with Gasteiger partial charge in [0.15, 0.2) is 0 Å². The molecular weight excluding hydrogens is 252 g/mol. The minimum atomic E-state index is -0.280. The lowest BCUT2D eigenvalue weighted by Crippen LogP contribution is -2.26. The molecule has 1 saturated heterocycles. The molecule has 1 atom stereocenters. The predicted octanol–water partition coefficient (Wildman–Crippen LogP) is 2.48. The Morgan fingerprint density at radius 3 is 2.61 bits per heavy atom. The maximum atomic E-state index is 11.6. The Bertz CT molecular complexity index is 420. The summed E-state index contributed by atoms with van der Waals surface area (Å²) in [6.07, 6.45) is -0.464. The number of alkyl halides is 1. The number of rotatable bonds is 4. The van der Waals surface area contributed by atoms with Gasteiger partial charge >= 0.3 is 6.09 Å². The summed E-state index contributed by atoms with van der Waals surface area (Å²) in [6.45, 7) is 1.11. The summed E-state index contributed by atoms with van der Waals surface area (Å²) < 4.78 is 5.33. The monoisotopic (exact) mass is 268 g/mol. The van der Waals surface area contributed by atoms with Crippen molar-refractivity contribution in [1.29, 1.82) is 0 Å². The van der Waals surface area contributed by atoms with Crippen LogP contribution in [0.3, 0.4) is 0 Å². The number of cyclic esters (lactones) is 1. The fraction of sp³-hybridized carbons (Fsp3) is 0.462. The van der Waals surface area contributed by atoms with E-state index in [9.17, 15) is 4.79 Å². The van der Waals surface area contributed by atoms with Crippen LogP contribution < -0.4 is 4.90 Å². The first-order chi connectivity index (χ1) is 8.61. The van der Waals surface area contributed by atoms with Gasteiger partial charge in [-0.2, -0.15) is 0 Å². The van der Waals surface area contributed by atoms with Crippen LogP contribution in [0.5, 0.6) is 0 Å². The molecule has 1 aliphatic heterocycles. The predicted molar refractivity (Wildman–Crippen MR) is 72.3 cm³/mol. The van der Waals surface area contributed by atoms with E-state index in [1.807, 2.05) is 43.3 Å². The van der Waals surface area contributed by atoms with Gasteiger partial charge in [0.25, 0.3) is 0 Å². The first-order valence-electron chi connectivity index (χ1n) is 5.90. The fourth-order valence-corrected chi connectivity index (χ4v) is 2.16. The van der Waals surface area contributed by atoms with Gasteiger partial charge in [-0.1, -0.05) is 12.1 Å². The molecule has 0 saturated carbocycles. The first-order valence-corrected chi connectivity index (χ1v) is 6.44. The highest BCUT2D eigenvalue weighted by Gasteiger charge is 2.31. The lowest BCUT2D eigenvalue weighted by atomic mass is 10.1. The Balaban J connectivity index is 2.07. The molecule has 2 rings (SSSR count). The van der Waals surface area contributed by atoms with Gasteiger partial charge in [-0.15, -0.1) is 11.6 Å². The van der Waals surface area contributed by atoms with Crippen molar-refractivity contribution in [2.24, 2.45) is 0 Å². The van der Waals surface area contributed by atoms with Crippen molar-refractivity contribution in [2.75, 3.05) is 38.0 Å². The van der Waals surface area contributed by atoms with Crippen molar-refractivity contribution >= 4 is 23.4 Å². The summed E-state index contributed by atoms with van der Waals surface area (Å²) in [7, 11) is 3.99. The number of halogens is 1. The third-order valence-electron chi connectivity index (χ3n) is 3.02. The van der Waals surface area contributed by atoms with Gasteiger partial charge in [0, 0.05) is 32.2 Å². The Hall–Kier alpha value is -1.42. The molecule has 1 heterocycles. The van der Waals surface area contributed by atoms with E-state index >= 15 is 0 Å². The summed E-state index contributed by atoms with van der Waals surface area (Å²) in [4.78, 5) is 15.2. The zero-order valence-electron chi connectivity index (χ0n) is 10.6. The van der Waals surface area contributed by atoms with Crippen molar-refractivity contribution in [3.05, 3.63) is 29.8 Å². The number of carbonyl (C=O) groups is 1. The lowest BCUT2D eigenvalue weighted by molar-refractivity contribution is 0.133. The van der Waals surface area contributed by atoms with E-state index in [1.165, 1.54) is 0 Å². The first kappa shape index (κ1) is 13.0. The molecular formula is C13H17ClN2O2. The number of hydrogen-bond donors (Lipinski definition) is 0. The van der Waals surface area contributed by atoms with Crippen LogP contribution in [0.25, 0.3) is 0 Å². The molecule has 1 aromatic carbocycles. The molecule has 0 aromatic heterocycles.